The molecule has 0 radical (unpaired) electrons. The van der Waals surface area contributed by atoms with Gasteiger partial charge in [0.15, 0.2) is 0 Å². The van der Waals surface area contributed by atoms with Crippen LogP contribution in [0.3, 0.4) is 0 Å². The maximum atomic E-state index is 12.8. The van der Waals surface area contributed by atoms with Crippen LogP contribution >= 0.6 is 0 Å². The smallest absolute Gasteiger partial charge is 0.337 e. The summed E-state index contributed by atoms with van der Waals surface area (Å²) >= 11 is 0. The quantitative estimate of drug-likeness (QED) is 0.491. The number of rotatable bonds is 1. The summed E-state index contributed by atoms with van der Waals surface area (Å²) in [7, 11) is 1.34. The molecule has 24 heavy (non-hydrogen) atoms. The highest BCUT2D eigenvalue weighted by molar-refractivity contribution is 6.06. The molecule has 2 unspecified atom stereocenters. The van der Waals surface area contributed by atoms with E-state index in [1.165, 1.54) is 13.3 Å². The first-order valence-electron chi connectivity index (χ1n) is 7.74. The Hall–Kier alpha value is -2.89. The average Bonchev–Trinajstić information content (AvgIpc) is 3.04. The van der Waals surface area contributed by atoms with Crippen molar-refractivity contribution in [3.63, 3.8) is 0 Å². The van der Waals surface area contributed by atoms with Gasteiger partial charge in [0.05, 0.1) is 24.4 Å². The largest absolute Gasteiger partial charge is 0.711 e. The van der Waals surface area contributed by atoms with Gasteiger partial charge in [-0.3, -0.25) is 0 Å². The van der Waals surface area contributed by atoms with E-state index in [0.29, 0.717) is 28.1 Å². The Labute approximate surface area is 138 Å². The van der Waals surface area contributed by atoms with Crippen LogP contribution in [0.2, 0.25) is 0 Å². The maximum Gasteiger partial charge on any atom is 0.337 e. The second kappa shape index (κ2) is 4.80. The Morgan fingerprint density at radius 2 is 2.21 bits per heavy atom. The fourth-order valence-corrected chi connectivity index (χ4v) is 4.06. The van der Waals surface area contributed by atoms with Crippen molar-refractivity contribution in [3.8, 4) is 0 Å². The molecule has 2 aliphatic rings. The van der Waals surface area contributed by atoms with Crippen LogP contribution in [-0.2, 0) is 21.4 Å². The number of anilines is 1. The summed E-state index contributed by atoms with van der Waals surface area (Å²) in [6.07, 6.45) is 1.83. The van der Waals surface area contributed by atoms with Crippen molar-refractivity contribution >= 4 is 17.7 Å². The molecule has 0 bridgehead atoms. The molecule has 2 aromatic rings. The number of carbonyl (C=O) groups is 2. The summed E-state index contributed by atoms with van der Waals surface area (Å²) in [6, 6.07) is 8.85. The van der Waals surface area contributed by atoms with Crippen LogP contribution < -0.4 is 10.0 Å². The number of fused-ring (bicyclic) bond motifs is 3. The molecule has 1 N–H and O–H groups in total. The Balaban J connectivity index is 1.86. The molecule has 0 saturated heterocycles. The first-order valence-corrected chi connectivity index (χ1v) is 7.74. The lowest BCUT2D eigenvalue weighted by atomic mass is 9.73. The highest BCUT2D eigenvalue weighted by Crippen LogP contribution is 2.53. The summed E-state index contributed by atoms with van der Waals surface area (Å²) in [4.78, 5) is 24.6. The van der Waals surface area contributed by atoms with Crippen molar-refractivity contribution in [1.82, 2.24) is 0 Å². The van der Waals surface area contributed by atoms with E-state index in [-0.39, 0.29) is 11.8 Å². The zero-order chi connectivity index (χ0) is 17.1. The fraction of sp³-hybridized carbons (Fsp3) is 0.278. The molecule has 6 heteroatoms. The van der Waals surface area contributed by atoms with Crippen LogP contribution in [0, 0.1) is 5.21 Å². The summed E-state index contributed by atoms with van der Waals surface area (Å²) in [6.45, 7) is 1.99. The predicted molar refractivity (Wildman–Crippen MR) is 85.6 cm³/mol. The second-order valence-corrected chi connectivity index (χ2v) is 6.33. The summed E-state index contributed by atoms with van der Waals surface area (Å²) in [5.41, 5.74) is 2.33. The molecular formula is C18H16N2O4. The molecule has 1 aliphatic heterocycles. The normalized spacial score (nSPS) is 23.8. The number of esters is 1. The van der Waals surface area contributed by atoms with Crippen LogP contribution in [-0.4, -0.2) is 19.0 Å². The van der Waals surface area contributed by atoms with E-state index in [1.807, 2.05) is 19.1 Å². The Bertz CT molecular complexity index is 893. The lowest BCUT2D eigenvalue weighted by Crippen LogP contribution is -2.37. The van der Waals surface area contributed by atoms with Gasteiger partial charge in [-0.05, 0) is 41.8 Å². The van der Waals surface area contributed by atoms with Gasteiger partial charge in [0, 0.05) is 5.92 Å². The molecule has 1 aromatic carbocycles. The van der Waals surface area contributed by atoms with E-state index in [4.69, 9.17) is 4.74 Å². The minimum absolute atomic E-state index is 0.0946. The van der Waals surface area contributed by atoms with Crippen LogP contribution in [0.15, 0.2) is 36.5 Å². The fourth-order valence-electron chi connectivity index (χ4n) is 4.06. The first-order chi connectivity index (χ1) is 11.5. The molecule has 1 aromatic heterocycles. The van der Waals surface area contributed by atoms with Crippen LogP contribution in [0.4, 0.5) is 5.82 Å². The first kappa shape index (κ1) is 14.7. The van der Waals surface area contributed by atoms with Crippen molar-refractivity contribution in [2.24, 2.45) is 0 Å². The minimum Gasteiger partial charge on any atom is -0.711 e. The molecule has 4 rings (SSSR count). The Morgan fingerprint density at radius 3 is 2.96 bits per heavy atom. The second-order valence-electron chi connectivity index (χ2n) is 6.33. The van der Waals surface area contributed by atoms with Gasteiger partial charge in [-0.15, -0.1) is 0 Å². The third-order valence-electron chi connectivity index (χ3n) is 5.32. The van der Waals surface area contributed by atoms with Gasteiger partial charge < -0.3 is 9.94 Å². The lowest BCUT2D eigenvalue weighted by molar-refractivity contribution is -0.590. The highest BCUT2D eigenvalue weighted by Gasteiger charge is 2.59. The molecule has 1 aliphatic carbocycles. The lowest BCUT2D eigenvalue weighted by Gasteiger charge is -2.24. The number of pyridine rings is 1. The van der Waals surface area contributed by atoms with Crippen molar-refractivity contribution in [2.75, 3.05) is 12.4 Å². The standard InChI is InChI=1S/C18H16N2O4/c1-10-13-6-5-11(16(21)24-2)8-12(13)9-18(10)14-4-3-7-20(23)15(14)19-17(18)22/h3-8,10H,9H2,1-2H3,(H,19,22). The third kappa shape index (κ3) is 1.68. The molecule has 122 valence electrons. The van der Waals surface area contributed by atoms with Crippen molar-refractivity contribution in [2.45, 2.75) is 24.7 Å². The molecule has 6 nitrogen and oxygen atoms in total. The topological polar surface area (TPSA) is 82.3 Å². The molecule has 1 amide bonds. The van der Waals surface area contributed by atoms with E-state index in [9.17, 15) is 14.8 Å². The molecule has 2 atom stereocenters. The van der Waals surface area contributed by atoms with E-state index >= 15 is 0 Å². The van der Waals surface area contributed by atoms with Gasteiger partial charge in [-0.25, -0.2) is 19.6 Å². The zero-order valence-corrected chi connectivity index (χ0v) is 13.3. The number of methoxy groups -OCH3 is 1. The third-order valence-corrected chi connectivity index (χ3v) is 5.32. The number of nitrogens with one attached hydrogen (secondary N) is 1. The summed E-state index contributed by atoms with van der Waals surface area (Å²) < 4.78 is 5.46. The maximum absolute atomic E-state index is 12.8. The van der Waals surface area contributed by atoms with Gasteiger partial charge in [-0.1, -0.05) is 13.0 Å². The van der Waals surface area contributed by atoms with Gasteiger partial charge >= 0.3 is 11.9 Å². The summed E-state index contributed by atoms with van der Waals surface area (Å²) in [5.74, 6) is -0.366. The van der Waals surface area contributed by atoms with Crippen molar-refractivity contribution in [3.05, 3.63) is 64.0 Å². The van der Waals surface area contributed by atoms with Gasteiger partial charge in [0.2, 0.25) is 0 Å². The SMILES string of the molecule is COC(=O)c1ccc2c(c1)CC1(C(=O)Nc3c1ccc[n+]3[O-])C2C. The number of hydrogen-bond donors (Lipinski definition) is 1. The van der Waals surface area contributed by atoms with Crippen LogP contribution in [0.1, 0.15) is 39.9 Å². The Kier molecular flexibility index (Phi) is 2.94. The van der Waals surface area contributed by atoms with E-state index in [2.05, 4.69) is 5.32 Å². The van der Waals surface area contributed by atoms with Gasteiger partial charge in [0.25, 0.3) is 5.82 Å². The minimum atomic E-state index is -0.806. The number of aromatic nitrogens is 1. The number of benzene rings is 1. The Morgan fingerprint density at radius 1 is 1.42 bits per heavy atom. The number of ether oxygens (including phenoxy) is 1. The molecular weight excluding hydrogens is 308 g/mol. The van der Waals surface area contributed by atoms with Crippen LogP contribution in [0.25, 0.3) is 0 Å². The molecule has 0 saturated carbocycles. The zero-order valence-electron chi connectivity index (χ0n) is 13.3. The van der Waals surface area contributed by atoms with Crippen molar-refractivity contribution in [1.29, 1.82) is 0 Å². The number of carbonyl (C=O) groups excluding carboxylic acids is 2. The molecule has 2 heterocycles. The van der Waals surface area contributed by atoms with E-state index < -0.39 is 11.4 Å². The number of nitrogens with zero attached hydrogens (tertiary/aromatic N) is 1. The van der Waals surface area contributed by atoms with E-state index in [1.54, 1.807) is 18.2 Å². The molecule has 1 spiro atoms. The average molecular weight is 324 g/mol. The van der Waals surface area contributed by atoms with Gasteiger partial charge in [0.1, 0.15) is 5.41 Å². The van der Waals surface area contributed by atoms with Gasteiger partial charge in [-0.2, -0.15) is 0 Å². The summed E-state index contributed by atoms with van der Waals surface area (Å²) in [5, 5.41) is 14.7. The monoisotopic (exact) mass is 324 g/mol. The van der Waals surface area contributed by atoms with Crippen molar-refractivity contribution < 1.29 is 19.1 Å². The molecule has 0 fully saturated rings. The number of amides is 1. The number of hydrogen-bond acceptors (Lipinski definition) is 4. The highest BCUT2D eigenvalue weighted by atomic mass is 16.5. The van der Waals surface area contributed by atoms with E-state index in [0.717, 1.165) is 11.1 Å². The van der Waals surface area contributed by atoms with Crippen LogP contribution in [0.5, 0.6) is 0 Å². The predicted octanol–water partition coefficient (Wildman–Crippen LogP) is 1.66.